The largest absolute Gasteiger partial charge is 0.348 e. The molecule has 5 heteroatoms. The Balaban J connectivity index is 2.04. The molecular formula is C18H20F2N2O. The number of benzene rings is 2. The molecule has 2 rings (SSSR count). The van der Waals surface area contributed by atoms with E-state index < -0.39 is 23.7 Å². The number of hydrogen-bond acceptors (Lipinski definition) is 2. The van der Waals surface area contributed by atoms with E-state index in [-0.39, 0.29) is 11.5 Å². The molecule has 2 atom stereocenters. The third kappa shape index (κ3) is 4.60. The van der Waals surface area contributed by atoms with Gasteiger partial charge < -0.3 is 11.1 Å². The molecule has 0 aliphatic rings. The van der Waals surface area contributed by atoms with Gasteiger partial charge in [-0.15, -0.1) is 0 Å². The molecule has 0 spiro atoms. The van der Waals surface area contributed by atoms with Crippen LogP contribution in [0.3, 0.4) is 0 Å². The highest BCUT2D eigenvalue weighted by atomic mass is 19.1. The summed E-state index contributed by atoms with van der Waals surface area (Å²) in [6, 6.07) is 11.5. The highest BCUT2D eigenvalue weighted by molar-refractivity contribution is 5.82. The maximum Gasteiger partial charge on any atom is 0.237 e. The molecule has 2 aromatic rings. The Bertz CT molecular complexity index is 661. The van der Waals surface area contributed by atoms with Crippen molar-refractivity contribution in [3.8, 4) is 0 Å². The third-order valence-electron chi connectivity index (χ3n) is 3.70. The molecule has 0 saturated heterocycles. The summed E-state index contributed by atoms with van der Waals surface area (Å²) in [5.74, 6) is -1.67. The van der Waals surface area contributed by atoms with Gasteiger partial charge in [-0.1, -0.05) is 43.3 Å². The Labute approximate surface area is 134 Å². The number of rotatable bonds is 6. The van der Waals surface area contributed by atoms with Gasteiger partial charge in [0.1, 0.15) is 11.6 Å². The van der Waals surface area contributed by atoms with E-state index in [1.54, 1.807) is 0 Å². The van der Waals surface area contributed by atoms with Crippen LogP contribution in [0.5, 0.6) is 0 Å². The predicted molar refractivity (Wildman–Crippen MR) is 85.7 cm³/mol. The number of nitrogens with two attached hydrogens (primary N) is 1. The quantitative estimate of drug-likeness (QED) is 0.860. The molecule has 3 N–H and O–H groups in total. The molecule has 0 bridgehead atoms. The van der Waals surface area contributed by atoms with Crippen molar-refractivity contribution in [3.63, 3.8) is 0 Å². The SMILES string of the molecule is CCC(NC(=O)[C@@H](N)Cc1ccccc1)c1ccc(F)cc1F. The summed E-state index contributed by atoms with van der Waals surface area (Å²) in [7, 11) is 0. The Morgan fingerprint density at radius 2 is 1.87 bits per heavy atom. The van der Waals surface area contributed by atoms with Crippen molar-refractivity contribution < 1.29 is 13.6 Å². The Morgan fingerprint density at radius 1 is 1.17 bits per heavy atom. The lowest BCUT2D eigenvalue weighted by Crippen LogP contribution is -2.43. The van der Waals surface area contributed by atoms with Crippen LogP contribution >= 0.6 is 0 Å². The summed E-state index contributed by atoms with van der Waals surface area (Å²) in [4.78, 5) is 12.2. The monoisotopic (exact) mass is 318 g/mol. The van der Waals surface area contributed by atoms with E-state index >= 15 is 0 Å². The maximum absolute atomic E-state index is 13.9. The summed E-state index contributed by atoms with van der Waals surface area (Å²) < 4.78 is 26.9. The number of carbonyl (C=O) groups excluding carboxylic acids is 1. The fraction of sp³-hybridized carbons (Fsp3) is 0.278. The molecule has 0 radical (unpaired) electrons. The van der Waals surface area contributed by atoms with E-state index in [1.165, 1.54) is 12.1 Å². The Kier molecular flexibility index (Phi) is 5.82. The van der Waals surface area contributed by atoms with Gasteiger partial charge in [0.2, 0.25) is 5.91 Å². The van der Waals surface area contributed by atoms with Crippen LogP contribution in [-0.4, -0.2) is 11.9 Å². The lowest BCUT2D eigenvalue weighted by molar-refractivity contribution is -0.123. The zero-order valence-electron chi connectivity index (χ0n) is 12.9. The van der Waals surface area contributed by atoms with Gasteiger partial charge in [-0.05, 0) is 24.5 Å². The van der Waals surface area contributed by atoms with Gasteiger partial charge in [0.15, 0.2) is 0 Å². The molecule has 0 aromatic heterocycles. The molecule has 0 saturated carbocycles. The second-order valence-corrected chi connectivity index (χ2v) is 5.43. The number of carbonyl (C=O) groups is 1. The highest BCUT2D eigenvalue weighted by Gasteiger charge is 2.21. The molecule has 23 heavy (non-hydrogen) atoms. The summed E-state index contributed by atoms with van der Waals surface area (Å²) in [5.41, 5.74) is 7.14. The lowest BCUT2D eigenvalue weighted by atomic mass is 10.0. The van der Waals surface area contributed by atoms with Crippen molar-refractivity contribution in [2.75, 3.05) is 0 Å². The van der Waals surface area contributed by atoms with E-state index in [2.05, 4.69) is 5.32 Å². The van der Waals surface area contributed by atoms with Crippen molar-refractivity contribution in [2.24, 2.45) is 5.73 Å². The first-order valence-corrected chi connectivity index (χ1v) is 7.56. The van der Waals surface area contributed by atoms with Crippen LogP contribution in [0.1, 0.15) is 30.5 Å². The first kappa shape index (κ1) is 17.1. The molecule has 0 fully saturated rings. The normalized spacial score (nSPS) is 13.4. The van der Waals surface area contributed by atoms with Gasteiger partial charge in [0, 0.05) is 11.6 Å². The minimum absolute atomic E-state index is 0.258. The molecule has 122 valence electrons. The Hall–Kier alpha value is -2.27. The fourth-order valence-electron chi connectivity index (χ4n) is 2.42. The van der Waals surface area contributed by atoms with Crippen LogP contribution in [0.2, 0.25) is 0 Å². The lowest BCUT2D eigenvalue weighted by Gasteiger charge is -2.21. The van der Waals surface area contributed by atoms with Gasteiger partial charge in [-0.2, -0.15) is 0 Å². The van der Waals surface area contributed by atoms with Crippen LogP contribution in [-0.2, 0) is 11.2 Å². The van der Waals surface area contributed by atoms with Gasteiger partial charge >= 0.3 is 0 Å². The zero-order chi connectivity index (χ0) is 16.8. The summed E-state index contributed by atoms with van der Waals surface area (Å²) in [6.07, 6.45) is 0.876. The number of nitrogens with one attached hydrogen (secondary N) is 1. The highest BCUT2D eigenvalue weighted by Crippen LogP contribution is 2.21. The van der Waals surface area contributed by atoms with Gasteiger partial charge in [-0.3, -0.25) is 4.79 Å². The molecule has 1 amide bonds. The molecular weight excluding hydrogens is 298 g/mol. The number of halogens is 2. The predicted octanol–water partition coefficient (Wildman–Crippen LogP) is 3.10. The van der Waals surface area contributed by atoms with Crippen LogP contribution < -0.4 is 11.1 Å². The summed E-state index contributed by atoms with van der Waals surface area (Å²) >= 11 is 0. The summed E-state index contributed by atoms with van der Waals surface area (Å²) in [5, 5.41) is 2.74. The minimum Gasteiger partial charge on any atom is -0.348 e. The van der Waals surface area contributed by atoms with Crippen molar-refractivity contribution in [3.05, 3.63) is 71.3 Å². The molecule has 0 heterocycles. The molecule has 0 aliphatic carbocycles. The Morgan fingerprint density at radius 3 is 2.48 bits per heavy atom. The molecule has 3 nitrogen and oxygen atoms in total. The van der Waals surface area contributed by atoms with E-state index in [9.17, 15) is 13.6 Å². The molecule has 0 aliphatic heterocycles. The van der Waals surface area contributed by atoms with Crippen molar-refractivity contribution >= 4 is 5.91 Å². The average Bonchev–Trinajstić information content (AvgIpc) is 2.54. The van der Waals surface area contributed by atoms with Gasteiger partial charge in [0.05, 0.1) is 12.1 Å². The summed E-state index contributed by atoms with van der Waals surface area (Å²) in [6.45, 7) is 1.82. The topological polar surface area (TPSA) is 55.1 Å². The second kappa shape index (κ2) is 7.83. The van der Waals surface area contributed by atoms with Gasteiger partial charge in [0.25, 0.3) is 0 Å². The van der Waals surface area contributed by atoms with Crippen LogP contribution in [0.4, 0.5) is 8.78 Å². The van der Waals surface area contributed by atoms with Crippen LogP contribution in [0.15, 0.2) is 48.5 Å². The van der Waals surface area contributed by atoms with Crippen LogP contribution in [0.25, 0.3) is 0 Å². The molecule has 2 aromatic carbocycles. The van der Waals surface area contributed by atoms with E-state index in [1.807, 2.05) is 37.3 Å². The van der Waals surface area contributed by atoms with Crippen molar-refractivity contribution in [1.29, 1.82) is 0 Å². The smallest absolute Gasteiger partial charge is 0.237 e. The first-order chi connectivity index (χ1) is 11.0. The van der Waals surface area contributed by atoms with Crippen LogP contribution in [0, 0.1) is 11.6 Å². The zero-order valence-corrected chi connectivity index (χ0v) is 12.9. The fourth-order valence-corrected chi connectivity index (χ4v) is 2.42. The van der Waals surface area contributed by atoms with Crippen molar-refractivity contribution in [1.82, 2.24) is 5.32 Å². The first-order valence-electron chi connectivity index (χ1n) is 7.56. The van der Waals surface area contributed by atoms with Crippen molar-refractivity contribution in [2.45, 2.75) is 31.8 Å². The average molecular weight is 318 g/mol. The number of amides is 1. The minimum atomic E-state index is -0.727. The van der Waals surface area contributed by atoms with E-state index in [4.69, 9.17) is 5.73 Å². The van der Waals surface area contributed by atoms with E-state index in [0.29, 0.717) is 12.8 Å². The van der Waals surface area contributed by atoms with Gasteiger partial charge in [-0.25, -0.2) is 8.78 Å². The standard InChI is InChI=1S/C18H20F2N2O/c1-2-17(14-9-8-13(19)11-15(14)20)22-18(23)16(21)10-12-6-4-3-5-7-12/h3-9,11,16-17H,2,10,21H2,1H3,(H,22,23)/t16-,17?/m0/s1. The second-order valence-electron chi connectivity index (χ2n) is 5.43. The van der Waals surface area contributed by atoms with E-state index in [0.717, 1.165) is 11.6 Å². The number of hydrogen-bond donors (Lipinski definition) is 2. The maximum atomic E-state index is 13.9. The third-order valence-corrected chi connectivity index (χ3v) is 3.70. The molecule has 1 unspecified atom stereocenters.